The number of ether oxygens (including phenoxy) is 2. The van der Waals surface area contributed by atoms with Crippen molar-refractivity contribution >= 4 is 20.2 Å². The number of rotatable bonds is 12. The number of hydrogen-bond acceptors (Lipinski definition) is 9. The van der Waals surface area contributed by atoms with Gasteiger partial charge in [0, 0.05) is 44.5 Å². The molecule has 11 nitrogen and oxygen atoms in total. The fourth-order valence-electron chi connectivity index (χ4n) is 4.40. The Bertz CT molecular complexity index is 1170. The van der Waals surface area contributed by atoms with Gasteiger partial charge in [-0.2, -0.15) is 4.98 Å². The third kappa shape index (κ3) is 9.34. The predicted octanol–water partition coefficient (Wildman–Crippen LogP) is 4.02. The van der Waals surface area contributed by atoms with E-state index in [9.17, 15) is 9.59 Å². The summed E-state index contributed by atoms with van der Waals surface area (Å²) in [5.74, 6) is -0.301. The molecule has 2 heterocycles. The molecule has 230 valence electrons. The van der Waals surface area contributed by atoms with Crippen molar-refractivity contribution < 1.29 is 29.7 Å². The molecule has 1 amide bonds. The number of aryl methyl sites for hydroxylation is 1. The zero-order valence-electron chi connectivity index (χ0n) is 26.9. The van der Waals surface area contributed by atoms with Crippen molar-refractivity contribution in [2.24, 2.45) is 0 Å². The first-order valence-electron chi connectivity index (χ1n) is 14.7. The molecule has 0 aliphatic carbocycles. The molecular weight excluding hydrogens is 552 g/mol. The molecule has 41 heavy (non-hydrogen) atoms. The molecule has 3 N–H and O–H groups in total. The van der Waals surface area contributed by atoms with E-state index in [2.05, 4.69) is 25.2 Å². The molecule has 13 heteroatoms. The van der Waals surface area contributed by atoms with E-state index in [0.29, 0.717) is 17.7 Å². The lowest BCUT2D eigenvalue weighted by Crippen LogP contribution is -2.51. The predicted molar refractivity (Wildman–Crippen MR) is 159 cm³/mol. The Morgan fingerprint density at radius 2 is 2.02 bits per heavy atom. The normalized spacial score (nSPS) is 22.1. The second-order valence-electron chi connectivity index (χ2n) is 9.87. The Labute approximate surface area is 246 Å². The third-order valence-electron chi connectivity index (χ3n) is 6.28. The van der Waals surface area contributed by atoms with Gasteiger partial charge in [-0.15, -0.1) is 0 Å². The minimum Gasteiger partial charge on any atom is -0.400 e. The van der Waals surface area contributed by atoms with Crippen LogP contribution in [-0.2, 0) is 14.0 Å². The molecular formula is C28H45FN5O6P. The number of alkyl halides is 1. The summed E-state index contributed by atoms with van der Waals surface area (Å²) in [6.07, 6.45) is -2.12. The molecule has 0 bridgehead atoms. The second kappa shape index (κ2) is 17.0. The number of benzene rings is 1. The average Bonchev–Trinajstić information content (AvgIpc) is 2.96. The fraction of sp³-hybridized carbons (Fsp3) is 0.607. The monoisotopic (exact) mass is 600 g/mol. The molecule has 1 aromatic carbocycles. The highest BCUT2D eigenvalue weighted by Crippen LogP contribution is 2.45. The summed E-state index contributed by atoms with van der Waals surface area (Å²) in [6.45, 7) is 12.1. The maximum Gasteiger partial charge on any atom is 0.349 e. The van der Waals surface area contributed by atoms with Gasteiger partial charge in [-0.3, -0.25) is 9.36 Å². The van der Waals surface area contributed by atoms with Crippen LogP contribution < -0.4 is 16.1 Å². The Balaban J connectivity index is 0.00000206. The van der Waals surface area contributed by atoms with Gasteiger partial charge in [0.05, 0.1) is 18.8 Å². The van der Waals surface area contributed by atoms with Gasteiger partial charge in [-0.1, -0.05) is 18.2 Å². The number of nitrogens with one attached hydrogen (secondary N) is 2. The minimum atomic E-state index is -1.66. The van der Waals surface area contributed by atoms with Crippen molar-refractivity contribution in [2.75, 3.05) is 32.4 Å². The average molecular weight is 601 g/mol. The summed E-state index contributed by atoms with van der Waals surface area (Å²) < 4.78 is 51.0. The number of carbonyl (C=O) groups is 1. The zero-order chi connectivity index (χ0) is 32.1. The number of carbonyl (C=O) groups excluding carboxylic acids is 1. The van der Waals surface area contributed by atoms with Gasteiger partial charge < -0.3 is 24.4 Å². The molecule has 0 saturated carbocycles. The minimum absolute atomic E-state index is 0.0844. The van der Waals surface area contributed by atoms with Crippen LogP contribution in [-0.4, -0.2) is 84.2 Å². The SMILES string of the molecule is [2H]CC1OCC(n2cc(C)c(NC(=O)c3ccccc3)nc2=O)C(F)C1OP(NCOCC)N(C(C)C)C(C)C.[3H]OC. The van der Waals surface area contributed by atoms with Crippen molar-refractivity contribution in [1.82, 2.24) is 19.3 Å². The van der Waals surface area contributed by atoms with Crippen LogP contribution in [0.3, 0.4) is 0 Å². The molecule has 1 saturated heterocycles. The van der Waals surface area contributed by atoms with E-state index in [1.807, 2.05) is 34.6 Å². The summed E-state index contributed by atoms with van der Waals surface area (Å²) in [5.41, 5.74) is 0.184. The molecule has 1 aliphatic rings. The quantitative estimate of drug-likeness (QED) is 0.188. The summed E-state index contributed by atoms with van der Waals surface area (Å²) in [5, 5.41) is 9.41. The second-order valence-corrected chi connectivity index (χ2v) is 11.4. The van der Waals surface area contributed by atoms with Crippen LogP contribution in [0.15, 0.2) is 41.3 Å². The molecule has 1 fully saturated rings. The van der Waals surface area contributed by atoms with Gasteiger partial charge in [0.25, 0.3) is 5.91 Å². The lowest BCUT2D eigenvalue weighted by Gasteiger charge is -2.43. The molecule has 2 aromatic rings. The summed E-state index contributed by atoms with van der Waals surface area (Å²) in [4.78, 5) is 29.7. The maximum atomic E-state index is 16.3. The van der Waals surface area contributed by atoms with Crippen LogP contribution in [0.5, 0.6) is 0 Å². The number of aliphatic hydroxyl groups is 1. The van der Waals surface area contributed by atoms with Crippen LogP contribution in [0.4, 0.5) is 10.2 Å². The molecule has 0 spiro atoms. The number of aromatic nitrogens is 2. The third-order valence-corrected chi connectivity index (χ3v) is 8.47. The van der Waals surface area contributed by atoms with Crippen LogP contribution >= 0.6 is 8.45 Å². The maximum absolute atomic E-state index is 16.3. The largest absolute Gasteiger partial charge is 0.400 e. The van der Waals surface area contributed by atoms with Gasteiger partial charge in [-0.25, -0.2) is 18.9 Å². The van der Waals surface area contributed by atoms with Crippen molar-refractivity contribution in [3.8, 4) is 0 Å². The Morgan fingerprint density at radius 1 is 1.37 bits per heavy atom. The molecule has 5 atom stereocenters. The highest BCUT2D eigenvalue weighted by Gasteiger charge is 2.44. The highest BCUT2D eigenvalue weighted by atomic mass is 31.2. The van der Waals surface area contributed by atoms with Gasteiger partial charge in [0.1, 0.15) is 18.7 Å². The van der Waals surface area contributed by atoms with E-state index in [4.69, 9.17) is 16.8 Å². The van der Waals surface area contributed by atoms with E-state index in [1.165, 1.54) is 17.9 Å². The van der Waals surface area contributed by atoms with Crippen LogP contribution in [0.2, 0.25) is 0 Å². The van der Waals surface area contributed by atoms with Crippen LogP contribution in [0.1, 0.15) is 64.9 Å². The Kier molecular flexibility index (Phi) is 13.1. The van der Waals surface area contributed by atoms with Gasteiger partial charge in [0.15, 0.2) is 14.6 Å². The van der Waals surface area contributed by atoms with Crippen molar-refractivity contribution in [2.45, 2.75) is 84.9 Å². The Hall–Kier alpha value is -2.31. The summed E-state index contributed by atoms with van der Waals surface area (Å²) in [7, 11) is -0.239. The van der Waals surface area contributed by atoms with Crippen LogP contribution in [0.25, 0.3) is 0 Å². The molecule has 5 unspecified atom stereocenters. The molecule has 3 rings (SSSR count). The van der Waals surface area contributed by atoms with Crippen molar-refractivity contribution in [3.05, 3.63) is 58.1 Å². The highest BCUT2D eigenvalue weighted by molar-refractivity contribution is 7.47. The van der Waals surface area contributed by atoms with Gasteiger partial charge in [-0.05, 0) is 60.6 Å². The van der Waals surface area contributed by atoms with Crippen LogP contribution in [0, 0.1) is 6.92 Å². The Morgan fingerprint density at radius 3 is 2.61 bits per heavy atom. The number of hydrogen-bond donors (Lipinski definition) is 3. The van der Waals surface area contributed by atoms with E-state index in [0.717, 1.165) is 0 Å². The zero-order valence-corrected chi connectivity index (χ0v) is 25.8. The number of anilines is 1. The number of aliphatic hydroxyl groups excluding tert-OH is 1. The number of amides is 1. The fourth-order valence-corrected chi connectivity index (χ4v) is 6.27. The molecule has 0 radical (unpaired) electrons. The van der Waals surface area contributed by atoms with E-state index in [1.54, 1.807) is 37.3 Å². The lowest BCUT2D eigenvalue weighted by molar-refractivity contribution is -0.118. The van der Waals surface area contributed by atoms with Gasteiger partial charge in [0.2, 0.25) is 1.43 Å². The standard InChI is InChI=1S/C27H41FN5O5P.CH4O/c1-8-36-16-29-39(33(17(2)3)18(4)5)38-24-20(7)37-15-22(23(24)28)32-14-19(6)25(31-27(32)35)30-26(34)21-12-10-9-11-13-21;1-2/h9-14,17-18,20,22-24,29H,8,15-16H2,1-7H3,(H,30,31,34,35);2H,1H3/i7D;2T. The first kappa shape index (κ1) is 31.6. The number of nitrogens with zero attached hydrogens (tertiary/aromatic N) is 3. The summed E-state index contributed by atoms with van der Waals surface area (Å²) >= 11 is 0. The molecule has 1 aliphatic heterocycles. The lowest BCUT2D eigenvalue weighted by atomic mass is 10.00. The van der Waals surface area contributed by atoms with Crippen molar-refractivity contribution in [1.29, 1.82) is 1.43 Å². The first-order valence-corrected chi connectivity index (χ1v) is 14.8. The molecule has 1 aromatic heterocycles. The van der Waals surface area contributed by atoms with E-state index >= 15 is 4.39 Å². The van der Waals surface area contributed by atoms with E-state index in [-0.39, 0.29) is 38.1 Å². The van der Waals surface area contributed by atoms with Crippen molar-refractivity contribution in [3.63, 3.8) is 0 Å². The van der Waals surface area contributed by atoms with E-state index < -0.39 is 44.5 Å². The number of halogens is 1. The first-order chi connectivity index (χ1) is 20.5. The summed E-state index contributed by atoms with van der Waals surface area (Å²) in [6, 6.07) is 7.72. The van der Waals surface area contributed by atoms with Gasteiger partial charge >= 0.3 is 5.69 Å². The topological polar surface area (TPSA) is 127 Å². The smallest absolute Gasteiger partial charge is 0.349 e.